The van der Waals surface area contributed by atoms with Gasteiger partial charge < -0.3 is 10.6 Å². The van der Waals surface area contributed by atoms with E-state index in [0.717, 1.165) is 31.5 Å². The van der Waals surface area contributed by atoms with Crippen LogP contribution < -0.4 is 10.6 Å². The van der Waals surface area contributed by atoms with Crippen molar-refractivity contribution in [2.45, 2.75) is 25.7 Å². The SMILES string of the molecule is CCC(C(=O)NCC1=CCNCC1)c1ccccc1. The second-order valence-corrected chi connectivity index (χ2v) is 4.91. The molecule has 1 aromatic carbocycles. The number of amides is 1. The lowest BCUT2D eigenvalue weighted by Crippen LogP contribution is -2.32. The number of benzene rings is 1. The van der Waals surface area contributed by atoms with Crippen LogP contribution in [0.1, 0.15) is 31.2 Å². The van der Waals surface area contributed by atoms with E-state index in [0.29, 0.717) is 6.54 Å². The summed E-state index contributed by atoms with van der Waals surface area (Å²) in [6, 6.07) is 10.0. The van der Waals surface area contributed by atoms with Crippen LogP contribution in [0.15, 0.2) is 42.0 Å². The van der Waals surface area contributed by atoms with E-state index in [1.807, 2.05) is 30.3 Å². The number of hydrogen-bond acceptors (Lipinski definition) is 2. The number of carbonyl (C=O) groups excluding carboxylic acids is 1. The van der Waals surface area contributed by atoms with E-state index in [1.165, 1.54) is 5.57 Å². The van der Waals surface area contributed by atoms with Crippen LogP contribution in [0.3, 0.4) is 0 Å². The summed E-state index contributed by atoms with van der Waals surface area (Å²) in [6.07, 6.45) is 4.03. The second kappa shape index (κ2) is 7.10. The van der Waals surface area contributed by atoms with Crippen LogP contribution in [0.25, 0.3) is 0 Å². The molecule has 0 spiro atoms. The maximum Gasteiger partial charge on any atom is 0.227 e. The smallest absolute Gasteiger partial charge is 0.227 e. The fourth-order valence-electron chi connectivity index (χ4n) is 2.41. The van der Waals surface area contributed by atoms with Gasteiger partial charge in [0.15, 0.2) is 0 Å². The molecule has 19 heavy (non-hydrogen) atoms. The minimum atomic E-state index is -0.0384. The van der Waals surface area contributed by atoms with E-state index in [1.54, 1.807) is 0 Å². The summed E-state index contributed by atoms with van der Waals surface area (Å²) in [7, 11) is 0. The first-order valence-electron chi connectivity index (χ1n) is 7.02. The van der Waals surface area contributed by atoms with Crippen molar-refractivity contribution in [3.05, 3.63) is 47.5 Å². The third-order valence-corrected chi connectivity index (χ3v) is 3.57. The zero-order chi connectivity index (χ0) is 13.5. The van der Waals surface area contributed by atoms with Crippen molar-refractivity contribution in [2.75, 3.05) is 19.6 Å². The highest BCUT2D eigenvalue weighted by atomic mass is 16.1. The molecule has 1 atom stereocenters. The summed E-state index contributed by atoms with van der Waals surface area (Å²) in [6.45, 7) is 4.67. The fraction of sp³-hybridized carbons (Fsp3) is 0.438. The van der Waals surface area contributed by atoms with E-state index in [2.05, 4.69) is 23.6 Å². The molecule has 102 valence electrons. The normalized spacial score (nSPS) is 16.6. The molecule has 2 rings (SSSR count). The molecule has 0 radical (unpaired) electrons. The van der Waals surface area contributed by atoms with Gasteiger partial charge in [-0.15, -0.1) is 0 Å². The van der Waals surface area contributed by atoms with Gasteiger partial charge in [0.2, 0.25) is 5.91 Å². The predicted molar refractivity (Wildman–Crippen MR) is 78.1 cm³/mol. The largest absolute Gasteiger partial charge is 0.352 e. The quantitative estimate of drug-likeness (QED) is 0.795. The lowest BCUT2D eigenvalue weighted by Gasteiger charge is -2.18. The zero-order valence-corrected chi connectivity index (χ0v) is 11.5. The standard InChI is InChI=1S/C16H22N2O/c1-2-15(14-6-4-3-5-7-14)16(19)18-12-13-8-10-17-11-9-13/h3-8,15,17H,2,9-12H2,1H3,(H,18,19). The molecule has 1 aromatic rings. The maximum atomic E-state index is 12.3. The highest BCUT2D eigenvalue weighted by Gasteiger charge is 2.18. The number of hydrogen-bond donors (Lipinski definition) is 2. The molecule has 0 fully saturated rings. The van der Waals surface area contributed by atoms with Gasteiger partial charge in [-0.3, -0.25) is 4.79 Å². The van der Waals surface area contributed by atoms with Gasteiger partial charge in [-0.1, -0.05) is 48.9 Å². The Bertz CT molecular complexity index is 439. The minimum Gasteiger partial charge on any atom is -0.352 e. The lowest BCUT2D eigenvalue weighted by atomic mass is 9.95. The monoisotopic (exact) mass is 258 g/mol. The zero-order valence-electron chi connectivity index (χ0n) is 11.5. The van der Waals surface area contributed by atoms with Gasteiger partial charge in [-0.2, -0.15) is 0 Å². The molecule has 0 aliphatic carbocycles. The van der Waals surface area contributed by atoms with Crippen molar-refractivity contribution in [3.8, 4) is 0 Å². The van der Waals surface area contributed by atoms with Gasteiger partial charge in [0.05, 0.1) is 5.92 Å². The van der Waals surface area contributed by atoms with Crippen LogP contribution in [-0.2, 0) is 4.79 Å². The van der Waals surface area contributed by atoms with Gasteiger partial charge in [0.1, 0.15) is 0 Å². The van der Waals surface area contributed by atoms with Crippen LogP contribution in [0.5, 0.6) is 0 Å². The van der Waals surface area contributed by atoms with Crippen molar-refractivity contribution < 1.29 is 4.79 Å². The lowest BCUT2D eigenvalue weighted by molar-refractivity contribution is -0.122. The molecule has 3 nitrogen and oxygen atoms in total. The fourth-order valence-corrected chi connectivity index (χ4v) is 2.41. The van der Waals surface area contributed by atoms with Gasteiger partial charge in [-0.05, 0) is 24.9 Å². The number of rotatable bonds is 5. The van der Waals surface area contributed by atoms with Gasteiger partial charge in [0.25, 0.3) is 0 Å². The molecule has 0 bridgehead atoms. The summed E-state index contributed by atoms with van der Waals surface area (Å²) < 4.78 is 0. The van der Waals surface area contributed by atoms with E-state index < -0.39 is 0 Å². The minimum absolute atomic E-state index is 0.0384. The Balaban J connectivity index is 1.92. The van der Waals surface area contributed by atoms with Crippen molar-refractivity contribution in [2.24, 2.45) is 0 Å². The average Bonchev–Trinajstić information content (AvgIpc) is 2.48. The van der Waals surface area contributed by atoms with Gasteiger partial charge in [-0.25, -0.2) is 0 Å². The summed E-state index contributed by atoms with van der Waals surface area (Å²) in [5.74, 6) is 0.0941. The van der Waals surface area contributed by atoms with Crippen molar-refractivity contribution >= 4 is 5.91 Å². The van der Waals surface area contributed by atoms with Crippen LogP contribution in [0.4, 0.5) is 0 Å². The molecule has 0 saturated carbocycles. The predicted octanol–water partition coefficient (Wildman–Crippen LogP) is 2.22. The summed E-state index contributed by atoms with van der Waals surface area (Å²) in [5.41, 5.74) is 2.43. The third kappa shape index (κ3) is 3.93. The molecular weight excluding hydrogens is 236 g/mol. The second-order valence-electron chi connectivity index (χ2n) is 4.91. The number of nitrogens with one attached hydrogen (secondary N) is 2. The first-order valence-corrected chi connectivity index (χ1v) is 7.02. The Hall–Kier alpha value is -1.61. The molecule has 1 aliphatic rings. The van der Waals surface area contributed by atoms with Crippen LogP contribution in [0, 0.1) is 0 Å². The van der Waals surface area contributed by atoms with Crippen molar-refractivity contribution in [1.82, 2.24) is 10.6 Å². The topological polar surface area (TPSA) is 41.1 Å². The van der Waals surface area contributed by atoms with Crippen molar-refractivity contribution in [3.63, 3.8) is 0 Å². The highest BCUT2D eigenvalue weighted by molar-refractivity contribution is 5.83. The van der Waals surface area contributed by atoms with Crippen molar-refractivity contribution in [1.29, 1.82) is 0 Å². The summed E-state index contributed by atoms with van der Waals surface area (Å²) in [4.78, 5) is 12.3. The Labute approximate surface area is 115 Å². The van der Waals surface area contributed by atoms with Crippen LogP contribution in [-0.4, -0.2) is 25.5 Å². The summed E-state index contributed by atoms with van der Waals surface area (Å²) in [5, 5.41) is 6.34. The third-order valence-electron chi connectivity index (χ3n) is 3.57. The molecule has 3 heteroatoms. The molecule has 1 amide bonds. The Morgan fingerprint density at radius 2 is 2.16 bits per heavy atom. The first kappa shape index (κ1) is 13.8. The van der Waals surface area contributed by atoms with E-state index >= 15 is 0 Å². The highest BCUT2D eigenvalue weighted by Crippen LogP contribution is 2.19. The maximum absolute atomic E-state index is 12.3. The van der Waals surface area contributed by atoms with Gasteiger partial charge >= 0.3 is 0 Å². The summed E-state index contributed by atoms with van der Waals surface area (Å²) >= 11 is 0. The van der Waals surface area contributed by atoms with E-state index in [9.17, 15) is 4.79 Å². The van der Waals surface area contributed by atoms with E-state index in [-0.39, 0.29) is 11.8 Å². The van der Waals surface area contributed by atoms with E-state index in [4.69, 9.17) is 0 Å². The molecule has 2 N–H and O–H groups in total. The Morgan fingerprint density at radius 3 is 2.79 bits per heavy atom. The van der Waals surface area contributed by atoms with Gasteiger partial charge in [0, 0.05) is 13.1 Å². The molecule has 0 aromatic heterocycles. The molecular formula is C16H22N2O. The molecule has 1 heterocycles. The Kier molecular flexibility index (Phi) is 5.16. The average molecular weight is 258 g/mol. The first-order chi connectivity index (χ1) is 9.31. The number of carbonyl (C=O) groups is 1. The molecule has 1 aliphatic heterocycles. The Morgan fingerprint density at radius 1 is 1.37 bits per heavy atom. The van der Waals surface area contributed by atoms with Crippen LogP contribution in [0.2, 0.25) is 0 Å². The molecule has 1 unspecified atom stereocenters. The molecule has 0 saturated heterocycles. The van der Waals surface area contributed by atoms with Crippen LogP contribution >= 0.6 is 0 Å².